The zero-order chi connectivity index (χ0) is 27.9. The van der Waals surface area contributed by atoms with Crippen molar-refractivity contribution in [1.82, 2.24) is 0 Å². The van der Waals surface area contributed by atoms with Gasteiger partial charge in [0.05, 0.1) is 44.9 Å². The van der Waals surface area contributed by atoms with Crippen molar-refractivity contribution in [3.8, 4) is 12.1 Å². The van der Waals surface area contributed by atoms with Crippen LogP contribution >= 0.6 is 11.3 Å². The second-order valence-corrected chi connectivity index (χ2v) is 13.1. The molecule has 2 aromatic carbocycles. The Hall–Kier alpha value is -5.04. The van der Waals surface area contributed by atoms with E-state index >= 15 is 0 Å². The van der Waals surface area contributed by atoms with Gasteiger partial charge in [0.2, 0.25) is 19.7 Å². The minimum Gasteiger partial charge on any atom is -0.226 e. The first-order valence-electron chi connectivity index (χ1n) is 11.0. The number of fused-ring (bicyclic) bond motifs is 2. The van der Waals surface area contributed by atoms with Crippen LogP contribution in [0.25, 0.3) is 33.0 Å². The first-order valence-corrected chi connectivity index (χ1v) is 14.7. The van der Waals surface area contributed by atoms with E-state index in [0.717, 1.165) is 11.3 Å². The van der Waals surface area contributed by atoms with E-state index < -0.39 is 19.7 Å². The van der Waals surface area contributed by atoms with Gasteiger partial charge in [-0.15, -0.1) is 11.3 Å². The van der Waals surface area contributed by atoms with E-state index in [1.54, 1.807) is 48.5 Å². The summed E-state index contributed by atoms with van der Waals surface area (Å²) in [4.78, 5) is 6.91. The molecule has 3 heterocycles. The van der Waals surface area contributed by atoms with Gasteiger partial charge in [-0.05, 0) is 47.5 Å². The topological polar surface area (TPSA) is 125 Å². The van der Waals surface area contributed by atoms with Crippen LogP contribution < -0.4 is 0 Å². The Kier molecular flexibility index (Phi) is 6.15. The lowest BCUT2D eigenvalue weighted by Crippen LogP contribution is -1.98. The maximum atomic E-state index is 13.3. The van der Waals surface area contributed by atoms with Gasteiger partial charge in [0.1, 0.15) is 0 Å². The summed E-state index contributed by atoms with van der Waals surface area (Å²) >= 11 is 1.08. The first-order chi connectivity index (χ1) is 18.7. The van der Waals surface area contributed by atoms with Crippen LogP contribution in [0.3, 0.4) is 0 Å². The second-order valence-electron chi connectivity index (χ2n) is 8.15. The molecule has 0 N–H and O–H groups in total. The van der Waals surface area contributed by atoms with Crippen molar-refractivity contribution in [2.24, 2.45) is 0 Å². The van der Waals surface area contributed by atoms with Crippen molar-refractivity contribution in [1.29, 1.82) is 10.5 Å². The molecule has 0 spiro atoms. The van der Waals surface area contributed by atoms with Gasteiger partial charge >= 0.3 is 0 Å². The molecular formula is C28H12N4O4S3. The molecule has 0 radical (unpaired) electrons. The highest BCUT2D eigenvalue weighted by Crippen LogP contribution is 2.47. The zero-order valence-electron chi connectivity index (χ0n) is 19.6. The van der Waals surface area contributed by atoms with Crippen LogP contribution in [0.2, 0.25) is 0 Å². The summed E-state index contributed by atoms with van der Waals surface area (Å²) in [6.45, 7) is 14.8. The molecule has 2 aliphatic heterocycles. The van der Waals surface area contributed by atoms with Crippen LogP contribution in [-0.2, 0) is 19.7 Å². The van der Waals surface area contributed by atoms with Gasteiger partial charge in [0.25, 0.3) is 11.4 Å². The lowest BCUT2D eigenvalue weighted by Gasteiger charge is -2.02. The van der Waals surface area contributed by atoms with Gasteiger partial charge in [0.15, 0.2) is 0 Å². The summed E-state index contributed by atoms with van der Waals surface area (Å²) in [6.07, 6.45) is 2.71. The number of allylic oxidation sites excluding steroid dienone is 4. The van der Waals surface area contributed by atoms with Gasteiger partial charge in [-0.25, -0.2) is 37.0 Å². The Labute approximate surface area is 228 Å². The molecule has 0 atom stereocenters. The van der Waals surface area contributed by atoms with Gasteiger partial charge in [-0.2, -0.15) is 0 Å². The fourth-order valence-electron chi connectivity index (χ4n) is 4.43. The van der Waals surface area contributed by atoms with Crippen LogP contribution in [-0.4, -0.2) is 16.8 Å². The molecule has 0 unspecified atom stereocenters. The predicted octanol–water partition coefficient (Wildman–Crippen LogP) is 5.71. The number of thiophene rings is 1. The van der Waals surface area contributed by atoms with Crippen LogP contribution in [0.15, 0.2) is 91.7 Å². The molecule has 11 heteroatoms. The first kappa shape index (κ1) is 25.6. The van der Waals surface area contributed by atoms with E-state index in [0.29, 0.717) is 9.75 Å². The molecule has 0 aliphatic carbocycles. The van der Waals surface area contributed by atoms with Crippen molar-refractivity contribution in [3.05, 3.63) is 126 Å². The summed E-state index contributed by atoms with van der Waals surface area (Å²) in [6, 6.07) is 19.0. The van der Waals surface area contributed by atoms with Crippen LogP contribution in [0.4, 0.5) is 0 Å². The van der Waals surface area contributed by atoms with Crippen molar-refractivity contribution < 1.29 is 16.8 Å². The summed E-state index contributed by atoms with van der Waals surface area (Å²) in [7, 11) is -8.05. The average molecular weight is 565 g/mol. The highest BCUT2D eigenvalue weighted by atomic mass is 32.2. The van der Waals surface area contributed by atoms with Crippen molar-refractivity contribution in [2.75, 3.05) is 0 Å². The maximum absolute atomic E-state index is 13.3. The molecular weight excluding hydrogens is 553 g/mol. The van der Waals surface area contributed by atoms with Crippen molar-refractivity contribution in [3.63, 3.8) is 0 Å². The fraction of sp³-hybridized carbons (Fsp3) is 0. The Morgan fingerprint density at radius 3 is 1.44 bits per heavy atom. The van der Waals surface area contributed by atoms with E-state index in [2.05, 4.69) is 9.69 Å². The number of hydrogen-bond acceptors (Lipinski definition) is 7. The molecule has 0 fully saturated rings. The number of benzene rings is 2. The molecule has 1 aromatic heterocycles. The Morgan fingerprint density at radius 1 is 0.692 bits per heavy atom. The molecule has 0 bridgehead atoms. The van der Waals surface area contributed by atoms with Gasteiger partial charge in [-0.1, -0.05) is 36.4 Å². The van der Waals surface area contributed by atoms with E-state index in [1.165, 1.54) is 36.4 Å². The summed E-state index contributed by atoms with van der Waals surface area (Å²) < 4.78 is 53.4. The Morgan fingerprint density at radius 2 is 1.08 bits per heavy atom. The largest absolute Gasteiger partial charge is 0.270 e. The van der Waals surface area contributed by atoms with Gasteiger partial charge in [0, 0.05) is 20.9 Å². The molecule has 8 nitrogen and oxygen atoms in total. The summed E-state index contributed by atoms with van der Waals surface area (Å²) in [5, 5.41) is 19.0. The second kappa shape index (κ2) is 9.36. The van der Waals surface area contributed by atoms with Crippen LogP contribution in [0, 0.1) is 35.8 Å². The molecule has 39 heavy (non-hydrogen) atoms. The number of nitrogens with zero attached hydrogens (tertiary/aromatic N) is 4. The number of rotatable bonds is 2. The number of sulfone groups is 2. The number of hydrogen-bond donors (Lipinski definition) is 0. The minimum atomic E-state index is -4.03. The average Bonchev–Trinajstić information content (AvgIpc) is 3.54. The number of nitriles is 2. The standard InChI is InChI=1S/C28H12N4O4S3/c1-31-21(15-29)27-19-7-3-5-9-23(19)38(33,34)25(27)13-17-11-12-18(37-17)14-26-28(22(16-30)32-2)20-8-4-6-10-24(20)39(26,35)36/h3-14H/b25-13-,26-14-,27-21-,28-22+. The monoisotopic (exact) mass is 564 g/mol. The van der Waals surface area contributed by atoms with E-state index in [4.69, 9.17) is 13.1 Å². The quantitative estimate of drug-likeness (QED) is 0.290. The molecule has 3 aromatic rings. The molecule has 0 saturated heterocycles. The Balaban J connectivity index is 1.69. The third-order valence-electron chi connectivity index (χ3n) is 6.07. The van der Waals surface area contributed by atoms with E-state index in [1.807, 2.05) is 0 Å². The molecule has 0 saturated carbocycles. The lowest BCUT2D eigenvalue weighted by atomic mass is 10.0. The van der Waals surface area contributed by atoms with E-state index in [-0.39, 0.29) is 53.3 Å². The third-order valence-corrected chi connectivity index (χ3v) is 10.7. The normalized spacial score (nSPS) is 20.7. The highest BCUT2D eigenvalue weighted by molar-refractivity contribution is 7.97. The molecule has 5 rings (SSSR count). The van der Waals surface area contributed by atoms with Gasteiger partial charge in [-0.3, -0.25) is 0 Å². The Bertz CT molecular complexity index is 1950. The molecule has 186 valence electrons. The SMILES string of the molecule is [C-]#[N+]/C(C#N)=C1\C(=C\c2ccc(/C=C3/C(=C(\C#N)[N+]#[C-])c4ccccc4S3(=O)=O)s2)S(=O)(=O)c2ccccc21. The van der Waals surface area contributed by atoms with Crippen LogP contribution in [0.5, 0.6) is 0 Å². The van der Waals surface area contributed by atoms with Crippen LogP contribution in [0.1, 0.15) is 20.9 Å². The summed E-state index contributed by atoms with van der Waals surface area (Å²) in [5.74, 6) is 0. The lowest BCUT2D eigenvalue weighted by molar-refractivity contribution is 0.603. The van der Waals surface area contributed by atoms with Crippen molar-refractivity contribution >= 4 is 54.3 Å². The fourth-order valence-corrected chi connectivity index (χ4v) is 8.90. The van der Waals surface area contributed by atoms with Gasteiger partial charge < -0.3 is 0 Å². The van der Waals surface area contributed by atoms with E-state index in [9.17, 15) is 27.4 Å². The predicted molar refractivity (Wildman–Crippen MR) is 146 cm³/mol. The third kappa shape index (κ3) is 3.90. The smallest absolute Gasteiger partial charge is 0.226 e. The minimum absolute atomic E-state index is 0.00526. The summed E-state index contributed by atoms with van der Waals surface area (Å²) in [5.41, 5.74) is -0.147. The molecule has 2 aliphatic rings. The molecule has 0 amide bonds. The highest BCUT2D eigenvalue weighted by Gasteiger charge is 2.39. The zero-order valence-corrected chi connectivity index (χ0v) is 22.0. The van der Waals surface area contributed by atoms with Crippen molar-refractivity contribution in [2.45, 2.75) is 9.79 Å². The maximum Gasteiger partial charge on any atom is 0.270 e.